The zero-order valence-corrected chi connectivity index (χ0v) is 23.8. The number of fused-ring (bicyclic) bond motifs is 2. The van der Waals surface area contributed by atoms with Crippen LogP contribution >= 0.6 is 0 Å². The highest BCUT2D eigenvalue weighted by Crippen LogP contribution is 2.45. The second kappa shape index (κ2) is 9.57. The van der Waals surface area contributed by atoms with E-state index < -0.39 is 17.6 Å². The Balaban J connectivity index is 1.23. The van der Waals surface area contributed by atoms with Crippen LogP contribution in [0.1, 0.15) is 73.0 Å². The largest absolute Gasteiger partial charge is 0.444 e. The number of rotatable bonds is 3. The van der Waals surface area contributed by atoms with Gasteiger partial charge in [0.2, 0.25) is 0 Å². The third-order valence-corrected chi connectivity index (χ3v) is 8.47. The first-order valence-electron chi connectivity index (χ1n) is 14.3. The molecule has 2 aromatic rings. The summed E-state index contributed by atoms with van der Waals surface area (Å²) in [6.45, 7) is 12.9. The van der Waals surface area contributed by atoms with Gasteiger partial charge < -0.3 is 34.1 Å². The lowest BCUT2D eigenvalue weighted by Gasteiger charge is -2.52. The number of amides is 1. The molecule has 6 heterocycles. The summed E-state index contributed by atoms with van der Waals surface area (Å²) in [5.74, 6) is -0.276. The average molecular weight is 543 g/mol. The summed E-state index contributed by atoms with van der Waals surface area (Å²) >= 11 is 0. The van der Waals surface area contributed by atoms with Gasteiger partial charge in [-0.3, -0.25) is 4.90 Å². The van der Waals surface area contributed by atoms with Gasteiger partial charge in [-0.05, 0) is 79.3 Å². The standard InChI is InChI=1S/C28H42N6O5/c1-26(2,3)39-25(35)34-13-7-6-10-28(34)11-8-12-32(16-28)15-19-20-21(38-27(4,5)37-20)24(36-19)33-14-9-18-22(29)30-17-31-23(18)33/h9,14,17,19-21,24H,6-8,10-13,15-16H2,1-5H3,(H2,29,30,31)/t19-,20-,21-,24-,28?/m1/s1. The first-order valence-corrected chi connectivity index (χ1v) is 14.3. The Hall–Kier alpha value is -2.47. The minimum atomic E-state index is -0.716. The van der Waals surface area contributed by atoms with Gasteiger partial charge in [0, 0.05) is 25.8 Å². The summed E-state index contributed by atoms with van der Waals surface area (Å²) in [6, 6.07) is 1.92. The third-order valence-electron chi connectivity index (χ3n) is 8.47. The highest BCUT2D eigenvalue weighted by atomic mass is 16.8. The van der Waals surface area contributed by atoms with Crippen molar-refractivity contribution in [3.8, 4) is 0 Å². The normalized spacial score (nSPS) is 33.1. The summed E-state index contributed by atoms with van der Waals surface area (Å²) in [4.78, 5) is 26.3. The van der Waals surface area contributed by atoms with Crippen molar-refractivity contribution in [2.75, 3.05) is 31.9 Å². The molecule has 0 aromatic carbocycles. The van der Waals surface area contributed by atoms with Gasteiger partial charge in [0.15, 0.2) is 12.0 Å². The smallest absolute Gasteiger partial charge is 0.410 e. The fraction of sp³-hybridized carbons (Fsp3) is 0.750. The van der Waals surface area contributed by atoms with Crippen LogP contribution in [0.25, 0.3) is 11.0 Å². The highest BCUT2D eigenvalue weighted by molar-refractivity contribution is 5.86. The molecule has 2 N–H and O–H groups in total. The second-order valence-electron chi connectivity index (χ2n) is 13.0. The number of nitrogens with two attached hydrogens (primary N) is 1. The Morgan fingerprint density at radius 3 is 2.69 bits per heavy atom. The number of anilines is 1. The van der Waals surface area contributed by atoms with Crippen LogP contribution in [0.2, 0.25) is 0 Å². The van der Waals surface area contributed by atoms with Crippen molar-refractivity contribution in [2.45, 2.75) is 108 Å². The Morgan fingerprint density at radius 1 is 1.13 bits per heavy atom. The van der Waals surface area contributed by atoms with Crippen LogP contribution in [0, 0.1) is 0 Å². The van der Waals surface area contributed by atoms with Crippen molar-refractivity contribution in [1.29, 1.82) is 0 Å². The van der Waals surface area contributed by atoms with E-state index in [1.54, 1.807) is 0 Å². The maximum absolute atomic E-state index is 13.3. The minimum Gasteiger partial charge on any atom is -0.444 e. The molecule has 1 amide bonds. The van der Waals surface area contributed by atoms with E-state index >= 15 is 0 Å². The fourth-order valence-electron chi connectivity index (χ4n) is 6.96. The molecule has 6 rings (SSSR count). The molecule has 4 aliphatic rings. The molecule has 11 heteroatoms. The molecule has 0 aliphatic carbocycles. The molecule has 0 saturated carbocycles. The molecule has 1 unspecified atom stereocenters. The van der Waals surface area contributed by atoms with Gasteiger partial charge in [-0.2, -0.15) is 0 Å². The van der Waals surface area contributed by atoms with Crippen molar-refractivity contribution < 1.29 is 23.7 Å². The molecule has 2 aromatic heterocycles. The number of hydrogen-bond donors (Lipinski definition) is 1. The molecular formula is C28H42N6O5. The van der Waals surface area contributed by atoms with E-state index in [4.69, 9.17) is 24.7 Å². The number of hydrogen-bond acceptors (Lipinski definition) is 9. The molecule has 0 radical (unpaired) electrons. The molecular weight excluding hydrogens is 500 g/mol. The molecule has 39 heavy (non-hydrogen) atoms. The number of nitrogen functional groups attached to an aromatic ring is 1. The quantitative estimate of drug-likeness (QED) is 0.620. The van der Waals surface area contributed by atoms with Crippen LogP contribution in [0.15, 0.2) is 18.6 Å². The summed E-state index contributed by atoms with van der Waals surface area (Å²) in [6.07, 6.45) is 7.23. The molecule has 0 bridgehead atoms. The van der Waals surface area contributed by atoms with Crippen LogP contribution in [0.5, 0.6) is 0 Å². The van der Waals surface area contributed by atoms with Gasteiger partial charge in [-0.1, -0.05) is 0 Å². The second-order valence-corrected chi connectivity index (χ2v) is 13.0. The Morgan fingerprint density at radius 2 is 1.90 bits per heavy atom. The number of aromatic nitrogens is 3. The topological polar surface area (TPSA) is 117 Å². The van der Waals surface area contributed by atoms with Crippen LogP contribution in [0.4, 0.5) is 10.6 Å². The van der Waals surface area contributed by atoms with Gasteiger partial charge >= 0.3 is 6.09 Å². The fourth-order valence-corrected chi connectivity index (χ4v) is 6.96. The third kappa shape index (κ3) is 4.98. The van der Waals surface area contributed by atoms with Crippen LogP contribution in [-0.2, 0) is 18.9 Å². The molecule has 214 valence electrons. The van der Waals surface area contributed by atoms with E-state index in [-0.39, 0.29) is 29.9 Å². The van der Waals surface area contributed by atoms with Gasteiger partial charge in [0.25, 0.3) is 0 Å². The molecule has 1 spiro atoms. The monoisotopic (exact) mass is 542 g/mol. The number of piperidine rings is 2. The highest BCUT2D eigenvalue weighted by Gasteiger charge is 2.57. The maximum Gasteiger partial charge on any atom is 0.410 e. The van der Waals surface area contributed by atoms with Crippen LogP contribution < -0.4 is 5.73 Å². The Labute approximate surface area is 229 Å². The molecule has 4 saturated heterocycles. The maximum atomic E-state index is 13.3. The zero-order valence-electron chi connectivity index (χ0n) is 23.8. The first-order chi connectivity index (χ1) is 18.4. The molecule has 11 nitrogen and oxygen atoms in total. The predicted molar refractivity (Wildman–Crippen MR) is 145 cm³/mol. The summed E-state index contributed by atoms with van der Waals surface area (Å²) < 4.78 is 27.3. The minimum absolute atomic E-state index is 0.198. The van der Waals surface area contributed by atoms with E-state index in [9.17, 15) is 4.79 Å². The average Bonchev–Trinajstić information content (AvgIpc) is 3.50. The van der Waals surface area contributed by atoms with Crippen LogP contribution in [0.3, 0.4) is 0 Å². The van der Waals surface area contributed by atoms with Crippen molar-refractivity contribution in [3.63, 3.8) is 0 Å². The van der Waals surface area contributed by atoms with Crippen molar-refractivity contribution in [3.05, 3.63) is 18.6 Å². The van der Waals surface area contributed by atoms with E-state index in [0.29, 0.717) is 18.0 Å². The SMILES string of the molecule is CC(C)(C)OC(=O)N1CCCCC12CCCN(C[C@H]1O[C@@H](n3ccc4c(N)ncnc43)[C@@H]3OC(C)(C)O[C@@H]31)C2. The Kier molecular flexibility index (Phi) is 6.56. The van der Waals surface area contributed by atoms with Gasteiger partial charge in [0.05, 0.1) is 10.9 Å². The van der Waals surface area contributed by atoms with E-state index in [0.717, 1.165) is 57.1 Å². The lowest BCUT2D eigenvalue weighted by atomic mass is 9.80. The van der Waals surface area contributed by atoms with E-state index in [2.05, 4.69) is 14.9 Å². The van der Waals surface area contributed by atoms with Gasteiger partial charge in [0.1, 0.15) is 41.7 Å². The van der Waals surface area contributed by atoms with Crippen molar-refractivity contribution in [2.24, 2.45) is 0 Å². The predicted octanol–water partition coefficient (Wildman–Crippen LogP) is 3.69. The summed E-state index contributed by atoms with van der Waals surface area (Å²) in [5, 5.41) is 0.789. The van der Waals surface area contributed by atoms with Crippen molar-refractivity contribution >= 4 is 22.9 Å². The number of nitrogens with zero attached hydrogens (tertiary/aromatic N) is 5. The number of likely N-dealkylation sites (tertiary alicyclic amines) is 2. The molecule has 4 aliphatic heterocycles. The summed E-state index contributed by atoms with van der Waals surface area (Å²) in [7, 11) is 0. The van der Waals surface area contributed by atoms with E-state index in [1.807, 2.05) is 56.3 Å². The lowest BCUT2D eigenvalue weighted by Crippen LogP contribution is -2.63. The summed E-state index contributed by atoms with van der Waals surface area (Å²) in [5.41, 5.74) is 6.08. The van der Waals surface area contributed by atoms with Crippen LogP contribution in [-0.4, -0.2) is 91.8 Å². The number of ether oxygens (including phenoxy) is 4. The van der Waals surface area contributed by atoms with E-state index in [1.165, 1.54) is 6.33 Å². The molecule has 5 atom stereocenters. The number of carbonyl (C=O) groups excluding carboxylic acids is 1. The van der Waals surface area contributed by atoms with Crippen molar-refractivity contribution in [1.82, 2.24) is 24.3 Å². The molecule has 4 fully saturated rings. The Bertz CT molecular complexity index is 1220. The first kappa shape index (κ1) is 26.7. The number of carbonyl (C=O) groups is 1. The lowest BCUT2D eigenvalue weighted by molar-refractivity contribution is -0.198. The van der Waals surface area contributed by atoms with Gasteiger partial charge in [-0.25, -0.2) is 14.8 Å². The zero-order chi connectivity index (χ0) is 27.6. The van der Waals surface area contributed by atoms with Gasteiger partial charge in [-0.15, -0.1) is 0 Å².